The van der Waals surface area contributed by atoms with Crippen molar-refractivity contribution in [2.45, 2.75) is 49.5 Å². The van der Waals surface area contributed by atoms with Gasteiger partial charge in [0.1, 0.15) is 24.0 Å². The minimum Gasteiger partial charge on any atom is -0.397 e. The molecule has 8 heterocycles. The van der Waals surface area contributed by atoms with E-state index in [1.54, 1.807) is 0 Å². The molecule has 5 aromatic heterocycles. The van der Waals surface area contributed by atoms with Crippen molar-refractivity contribution in [3.05, 3.63) is 41.3 Å². The Bertz CT molecular complexity index is 2140. The molecule has 0 saturated carbocycles. The van der Waals surface area contributed by atoms with E-state index in [0.29, 0.717) is 0 Å². The Balaban J connectivity index is 1.10. The van der Waals surface area contributed by atoms with Crippen LogP contribution in [0.5, 0.6) is 0 Å². The monoisotopic (exact) mass is 716 g/mol. The number of nitrogens with two attached hydrogens (primary N) is 1. The largest absolute Gasteiger partial charge is 0.397 e. The maximum atomic E-state index is 16.0. The Hall–Kier alpha value is -2.85. The lowest BCUT2D eigenvalue weighted by molar-refractivity contribution is -0.0616. The van der Waals surface area contributed by atoms with Gasteiger partial charge in [-0.15, -0.1) is 5.10 Å². The summed E-state index contributed by atoms with van der Waals surface area (Å²) in [6, 6.07) is 1.51. The molecule has 3 saturated heterocycles. The van der Waals surface area contributed by atoms with Crippen LogP contribution in [0.25, 0.3) is 28.1 Å². The van der Waals surface area contributed by atoms with Crippen molar-refractivity contribution < 1.29 is 41.7 Å². The van der Waals surface area contributed by atoms with Crippen LogP contribution >= 0.6 is 13.4 Å². The minimum atomic E-state index is -4.13. The number of imidazole rings is 2. The van der Waals surface area contributed by atoms with E-state index >= 15 is 4.39 Å². The zero-order valence-electron chi connectivity index (χ0n) is 23.0. The van der Waals surface area contributed by atoms with Gasteiger partial charge in [-0.25, -0.2) is 23.7 Å². The van der Waals surface area contributed by atoms with Crippen molar-refractivity contribution >= 4 is 70.8 Å². The average molecular weight is 717 g/mol. The normalized spacial score (nSPS) is 35.7. The Kier molecular flexibility index (Phi) is 7.36. The molecule has 9 atom stereocenters. The molecule has 244 valence electrons. The van der Waals surface area contributed by atoms with Crippen molar-refractivity contribution in [1.82, 2.24) is 43.9 Å². The highest BCUT2D eigenvalue weighted by Gasteiger charge is 2.52. The number of rotatable bonds is 2. The molecular formula is C22H23FN10O9P2S2. The third-order valence-corrected chi connectivity index (χ3v) is 10.9. The fourth-order valence-electron chi connectivity index (χ4n) is 5.69. The van der Waals surface area contributed by atoms with Gasteiger partial charge in [0.25, 0.3) is 5.56 Å². The van der Waals surface area contributed by atoms with Crippen molar-refractivity contribution in [2.75, 3.05) is 18.9 Å². The molecule has 0 aromatic carbocycles. The molecule has 3 aliphatic rings. The van der Waals surface area contributed by atoms with E-state index in [1.165, 1.54) is 40.0 Å². The van der Waals surface area contributed by atoms with Crippen LogP contribution in [-0.4, -0.2) is 97.5 Å². The second-order valence-electron chi connectivity index (χ2n) is 10.6. The number of anilines is 1. The lowest BCUT2D eigenvalue weighted by atomic mass is 10.1. The number of halogens is 1. The number of fused-ring (bicyclic) bond motifs is 6. The second-order valence-corrected chi connectivity index (χ2v) is 16.2. The van der Waals surface area contributed by atoms with E-state index in [9.17, 15) is 14.6 Å². The van der Waals surface area contributed by atoms with Gasteiger partial charge in [-0.2, -0.15) is 4.68 Å². The first-order valence-electron chi connectivity index (χ1n) is 13.6. The van der Waals surface area contributed by atoms with E-state index in [1.807, 2.05) is 0 Å². The Morgan fingerprint density at radius 3 is 2.67 bits per heavy atom. The average Bonchev–Trinajstić information content (AvgIpc) is 3.83. The molecule has 3 aliphatic heterocycles. The number of hydrogen-bond acceptors (Lipinski definition) is 15. The molecule has 0 amide bonds. The molecule has 24 heteroatoms. The van der Waals surface area contributed by atoms with Gasteiger partial charge in [-0.3, -0.25) is 13.9 Å². The predicted octanol–water partition coefficient (Wildman–Crippen LogP) is 0.568. The van der Waals surface area contributed by atoms with Crippen LogP contribution in [0.2, 0.25) is 0 Å². The molecule has 5 aromatic rings. The third-order valence-electron chi connectivity index (χ3n) is 7.76. The Morgan fingerprint density at radius 2 is 1.83 bits per heavy atom. The number of nitrogen functional groups attached to an aromatic ring is 1. The first-order chi connectivity index (χ1) is 22.0. The molecule has 5 N–H and O–H groups in total. The van der Waals surface area contributed by atoms with Crippen LogP contribution < -0.4 is 11.3 Å². The smallest absolute Gasteiger partial charge is 0.325 e. The van der Waals surface area contributed by atoms with E-state index in [2.05, 4.69) is 30.2 Å². The maximum Gasteiger partial charge on any atom is 0.325 e. The van der Waals surface area contributed by atoms with Gasteiger partial charge in [0.05, 0.1) is 31.3 Å². The fraction of sp³-hybridized carbons (Fsp3) is 0.455. The molecular weight excluding hydrogens is 693 g/mol. The van der Waals surface area contributed by atoms with Crippen LogP contribution in [0, 0.1) is 0 Å². The molecule has 2 unspecified atom stereocenters. The fourth-order valence-corrected chi connectivity index (χ4v) is 8.59. The molecule has 0 aliphatic carbocycles. The van der Waals surface area contributed by atoms with Crippen LogP contribution in [0.1, 0.15) is 18.9 Å². The van der Waals surface area contributed by atoms with E-state index in [-0.39, 0.29) is 46.8 Å². The second kappa shape index (κ2) is 11.1. The number of nitrogens with one attached hydrogen (secondary N) is 1. The number of nitrogens with zero attached hydrogens (tertiary/aromatic N) is 8. The summed E-state index contributed by atoms with van der Waals surface area (Å²) >= 11 is 10.6. The highest BCUT2D eigenvalue weighted by molar-refractivity contribution is 8.07. The number of pyridine rings is 1. The Morgan fingerprint density at radius 1 is 1.02 bits per heavy atom. The van der Waals surface area contributed by atoms with Gasteiger partial charge in [-0.1, -0.05) is 5.21 Å². The topological polar surface area (TPSA) is 233 Å². The number of hydrogen-bond donors (Lipinski definition) is 4. The SMILES string of the molecule is Nc1ccnc2c1nnn2[C@@H]1O[C@@H]2COP(O)(=S)O[C@@H]3C[C@@H](COP(O)(=S)O[C@H]2[C@@H]1F)O[C@H]3n1cnc2c(=O)n3ccnc3[nH]c21. The van der Waals surface area contributed by atoms with Gasteiger partial charge in [0.15, 0.2) is 35.3 Å². The first-order valence-corrected chi connectivity index (χ1v) is 18.8. The first kappa shape index (κ1) is 30.5. The zero-order valence-corrected chi connectivity index (χ0v) is 26.5. The number of aromatic amines is 1. The van der Waals surface area contributed by atoms with Crippen molar-refractivity contribution in [2.24, 2.45) is 0 Å². The molecule has 19 nitrogen and oxygen atoms in total. The van der Waals surface area contributed by atoms with Gasteiger partial charge < -0.3 is 43.5 Å². The lowest BCUT2D eigenvalue weighted by Crippen LogP contribution is -2.34. The molecule has 46 heavy (non-hydrogen) atoms. The summed E-state index contributed by atoms with van der Waals surface area (Å²) in [6.07, 6.45) is -3.20. The van der Waals surface area contributed by atoms with E-state index < -0.39 is 68.6 Å². The minimum absolute atomic E-state index is 0.0878. The summed E-state index contributed by atoms with van der Waals surface area (Å²) in [4.78, 5) is 50.7. The summed E-state index contributed by atoms with van der Waals surface area (Å²) in [6.45, 7) is -9.04. The van der Waals surface area contributed by atoms with Gasteiger partial charge in [0.2, 0.25) is 5.78 Å². The maximum absolute atomic E-state index is 16.0. The van der Waals surface area contributed by atoms with Crippen LogP contribution in [0.15, 0.2) is 35.8 Å². The quantitative estimate of drug-likeness (QED) is 0.183. The van der Waals surface area contributed by atoms with Gasteiger partial charge in [0, 0.05) is 25.0 Å². The highest BCUT2D eigenvalue weighted by Crippen LogP contribution is 2.54. The summed E-state index contributed by atoms with van der Waals surface area (Å²) in [5.41, 5.74) is 6.52. The highest BCUT2D eigenvalue weighted by atomic mass is 32.5. The number of alkyl halides is 1. The van der Waals surface area contributed by atoms with Crippen LogP contribution in [-0.2, 0) is 51.2 Å². The van der Waals surface area contributed by atoms with Gasteiger partial charge in [-0.05, 0) is 29.7 Å². The van der Waals surface area contributed by atoms with Gasteiger partial charge >= 0.3 is 13.4 Å². The molecule has 0 spiro atoms. The molecule has 0 radical (unpaired) electrons. The standard InChI is InChI=1S/C22H23FN10O9P2S2/c23-13-16-12(40-21(13)33-17-14(29-30-33)10(24)1-2-25-17)7-38-43(35,45)41-11-5-9(6-37-44(36,46)42-16)39-20(11)32-8-27-15-18(32)28-22-26-3-4-31(22)19(15)34/h1-4,8-9,11-13,16,20-21H,5-7H2,(H2,24,25)(H,26,28)(H,35,45)(H,36,46)/t9-,11+,12+,13-,16+,20+,21+,43?,44?/m0/s1. The van der Waals surface area contributed by atoms with Crippen molar-refractivity contribution in [3.8, 4) is 0 Å². The van der Waals surface area contributed by atoms with E-state index in [4.69, 9.17) is 56.9 Å². The lowest BCUT2D eigenvalue weighted by Gasteiger charge is -2.27. The third kappa shape index (κ3) is 5.18. The van der Waals surface area contributed by atoms with E-state index in [0.717, 1.165) is 4.68 Å². The van der Waals surface area contributed by atoms with Crippen molar-refractivity contribution in [1.29, 1.82) is 0 Å². The summed E-state index contributed by atoms with van der Waals surface area (Å²) in [5.74, 6) is 0.263. The summed E-state index contributed by atoms with van der Waals surface area (Å²) in [5, 5.41) is 7.91. The zero-order chi connectivity index (χ0) is 32.0. The molecule has 3 fully saturated rings. The number of H-pyrrole nitrogens is 1. The summed E-state index contributed by atoms with van der Waals surface area (Å²) in [7, 11) is 0. The van der Waals surface area contributed by atoms with Crippen molar-refractivity contribution in [3.63, 3.8) is 0 Å². The molecule has 8 rings (SSSR count). The number of aromatic nitrogens is 9. The van der Waals surface area contributed by atoms with Crippen LogP contribution in [0.3, 0.4) is 0 Å². The van der Waals surface area contributed by atoms with Crippen LogP contribution in [0.4, 0.5) is 10.1 Å². The summed E-state index contributed by atoms with van der Waals surface area (Å²) < 4.78 is 54.8. The Labute approximate surface area is 265 Å². The molecule has 2 bridgehead atoms. The predicted molar refractivity (Wildman–Crippen MR) is 161 cm³/mol. The number of ether oxygens (including phenoxy) is 2.